The van der Waals surface area contributed by atoms with E-state index in [2.05, 4.69) is 5.32 Å². The van der Waals surface area contributed by atoms with E-state index in [0.29, 0.717) is 29.8 Å². The molecule has 0 aromatic heterocycles. The van der Waals surface area contributed by atoms with Crippen LogP contribution in [-0.2, 0) is 6.54 Å². The molecule has 5 heteroatoms. The van der Waals surface area contributed by atoms with Crippen molar-refractivity contribution < 1.29 is 9.13 Å². The molecule has 1 aliphatic rings. The predicted octanol–water partition coefficient (Wildman–Crippen LogP) is 4.88. The van der Waals surface area contributed by atoms with Gasteiger partial charge in [-0.25, -0.2) is 4.39 Å². The molecule has 1 saturated carbocycles. The highest BCUT2D eigenvalue weighted by Crippen LogP contribution is 2.34. The molecule has 0 atom stereocenters. The van der Waals surface area contributed by atoms with Gasteiger partial charge in [-0.05, 0) is 56.3 Å². The minimum Gasteiger partial charge on any atom is -0.453 e. The summed E-state index contributed by atoms with van der Waals surface area (Å²) < 4.78 is 20.4. The van der Waals surface area contributed by atoms with Gasteiger partial charge in [-0.15, -0.1) is 0 Å². The molecule has 25 heavy (non-hydrogen) atoms. The molecular formula is C20H24ClFN2O. The molecule has 0 saturated heterocycles. The van der Waals surface area contributed by atoms with Crippen LogP contribution >= 0.6 is 11.6 Å². The number of nitrogens with two attached hydrogens (primary N) is 1. The van der Waals surface area contributed by atoms with Crippen molar-refractivity contribution in [2.75, 3.05) is 6.54 Å². The van der Waals surface area contributed by atoms with Crippen LogP contribution < -0.4 is 15.8 Å². The molecule has 0 heterocycles. The van der Waals surface area contributed by atoms with E-state index in [0.717, 1.165) is 32.2 Å². The lowest BCUT2D eigenvalue weighted by atomic mass is 9.86. The first-order valence-electron chi connectivity index (χ1n) is 8.79. The number of hydrogen-bond donors (Lipinski definition) is 2. The van der Waals surface area contributed by atoms with Crippen molar-refractivity contribution in [1.29, 1.82) is 0 Å². The topological polar surface area (TPSA) is 47.3 Å². The van der Waals surface area contributed by atoms with Crippen LogP contribution in [0.5, 0.6) is 11.5 Å². The van der Waals surface area contributed by atoms with Crippen LogP contribution in [0.1, 0.15) is 31.2 Å². The summed E-state index contributed by atoms with van der Waals surface area (Å²) in [6, 6.07) is 12.8. The Bertz CT molecular complexity index is 688. The Morgan fingerprint density at radius 1 is 1.08 bits per heavy atom. The summed E-state index contributed by atoms with van der Waals surface area (Å²) in [7, 11) is 0. The Hall–Kier alpha value is -1.62. The van der Waals surface area contributed by atoms with E-state index in [1.54, 1.807) is 24.3 Å². The van der Waals surface area contributed by atoms with Crippen molar-refractivity contribution >= 4 is 11.6 Å². The monoisotopic (exact) mass is 362 g/mol. The Balaban J connectivity index is 1.61. The summed E-state index contributed by atoms with van der Waals surface area (Å²) in [6.07, 6.45) is 4.44. The molecule has 0 bridgehead atoms. The van der Waals surface area contributed by atoms with Gasteiger partial charge in [-0.1, -0.05) is 35.9 Å². The maximum absolute atomic E-state index is 14.8. The van der Waals surface area contributed by atoms with Crippen molar-refractivity contribution in [2.45, 2.75) is 38.3 Å². The minimum absolute atomic E-state index is 0.0795. The van der Waals surface area contributed by atoms with E-state index in [1.165, 1.54) is 0 Å². The quantitative estimate of drug-likeness (QED) is 0.770. The van der Waals surface area contributed by atoms with Gasteiger partial charge < -0.3 is 15.8 Å². The highest BCUT2D eigenvalue weighted by Gasteiger charge is 2.19. The lowest BCUT2D eigenvalue weighted by Gasteiger charge is -2.26. The standard InChI is InChI=1S/C20H24ClFN2O/c21-18-11-8-15(13-24-12-14-6-9-16(23)10-7-14)19(22)20(18)25-17-4-2-1-3-5-17/h1-5,8,11,14,16,24H,6-7,9-10,12-13,23H2/t14-,16-. The number of nitrogens with one attached hydrogen (secondary N) is 1. The zero-order valence-corrected chi connectivity index (χ0v) is 14.9. The van der Waals surface area contributed by atoms with E-state index < -0.39 is 5.82 Å². The number of ether oxygens (including phenoxy) is 1. The van der Waals surface area contributed by atoms with Crippen molar-refractivity contribution in [3.05, 3.63) is 58.9 Å². The van der Waals surface area contributed by atoms with E-state index in [4.69, 9.17) is 22.1 Å². The third kappa shape index (κ3) is 4.94. The third-order valence-corrected chi connectivity index (χ3v) is 5.03. The third-order valence-electron chi connectivity index (χ3n) is 4.73. The Labute approximate surface area is 153 Å². The van der Waals surface area contributed by atoms with Crippen LogP contribution in [0.4, 0.5) is 4.39 Å². The first-order chi connectivity index (χ1) is 12.1. The van der Waals surface area contributed by atoms with Gasteiger partial charge in [0.25, 0.3) is 0 Å². The maximum atomic E-state index is 14.8. The van der Waals surface area contributed by atoms with Crippen molar-refractivity contribution in [3.8, 4) is 11.5 Å². The van der Waals surface area contributed by atoms with Gasteiger partial charge in [-0.2, -0.15) is 0 Å². The van der Waals surface area contributed by atoms with E-state index in [9.17, 15) is 4.39 Å². The number of rotatable bonds is 6. The lowest BCUT2D eigenvalue weighted by molar-refractivity contribution is 0.313. The van der Waals surface area contributed by atoms with Gasteiger partial charge in [0.15, 0.2) is 11.6 Å². The molecule has 3 N–H and O–H groups in total. The average molecular weight is 363 g/mol. The smallest absolute Gasteiger partial charge is 0.181 e. The molecule has 0 unspecified atom stereocenters. The second kappa shape index (κ2) is 8.65. The zero-order valence-electron chi connectivity index (χ0n) is 14.2. The molecule has 0 amide bonds. The van der Waals surface area contributed by atoms with Crippen LogP contribution in [-0.4, -0.2) is 12.6 Å². The SMILES string of the molecule is N[C@H]1CC[C@H](CNCc2ccc(Cl)c(Oc3ccccc3)c2F)CC1. The number of halogens is 2. The number of benzene rings is 2. The molecule has 134 valence electrons. The highest BCUT2D eigenvalue weighted by atomic mass is 35.5. The van der Waals surface area contributed by atoms with Gasteiger partial charge in [0.05, 0.1) is 5.02 Å². The second-order valence-electron chi connectivity index (χ2n) is 6.68. The molecule has 0 spiro atoms. The van der Waals surface area contributed by atoms with Crippen LogP contribution in [0.15, 0.2) is 42.5 Å². The Morgan fingerprint density at radius 2 is 1.80 bits per heavy atom. The van der Waals surface area contributed by atoms with Crippen molar-refractivity contribution in [1.82, 2.24) is 5.32 Å². The van der Waals surface area contributed by atoms with Gasteiger partial charge in [-0.3, -0.25) is 0 Å². The van der Waals surface area contributed by atoms with E-state index in [-0.39, 0.29) is 10.8 Å². The van der Waals surface area contributed by atoms with Crippen molar-refractivity contribution in [3.63, 3.8) is 0 Å². The molecule has 3 nitrogen and oxygen atoms in total. The number of hydrogen-bond acceptors (Lipinski definition) is 3. The highest BCUT2D eigenvalue weighted by molar-refractivity contribution is 6.32. The molecule has 3 rings (SSSR count). The first kappa shape index (κ1) is 18.2. The first-order valence-corrected chi connectivity index (χ1v) is 9.17. The van der Waals surface area contributed by atoms with Gasteiger partial charge in [0.1, 0.15) is 5.75 Å². The summed E-state index contributed by atoms with van der Waals surface area (Å²) in [5.74, 6) is 0.854. The summed E-state index contributed by atoms with van der Waals surface area (Å²) in [6.45, 7) is 1.33. The molecule has 0 aliphatic heterocycles. The average Bonchev–Trinajstić information content (AvgIpc) is 2.63. The summed E-state index contributed by atoms with van der Waals surface area (Å²) in [5, 5.41) is 3.63. The molecular weight excluding hydrogens is 339 g/mol. The fraction of sp³-hybridized carbons (Fsp3) is 0.400. The van der Waals surface area contributed by atoms with Gasteiger partial charge in [0.2, 0.25) is 0 Å². The van der Waals surface area contributed by atoms with E-state index in [1.807, 2.05) is 18.2 Å². The Kier molecular flexibility index (Phi) is 6.29. The largest absolute Gasteiger partial charge is 0.453 e. The molecule has 0 radical (unpaired) electrons. The van der Waals surface area contributed by atoms with Gasteiger partial charge in [0, 0.05) is 18.2 Å². The zero-order chi connectivity index (χ0) is 17.6. The fourth-order valence-electron chi connectivity index (χ4n) is 3.21. The molecule has 1 fully saturated rings. The molecule has 1 aliphatic carbocycles. The summed E-state index contributed by atoms with van der Waals surface area (Å²) in [5.41, 5.74) is 6.49. The summed E-state index contributed by atoms with van der Waals surface area (Å²) >= 11 is 6.12. The Morgan fingerprint density at radius 3 is 2.52 bits per heavy atom. The van der Waals surface area contributed by atoms with Crippen molar-refractivity contribution in [2.24, 2.45) is 11.7 Å². The van der Waals surface area contributed by atoms with Crippen LogP contribution in [0.2, 0.25) is 5.02 Å². The summed E-state index contributed by atoms with van der Waals surface area (Å²) in [4.78, 5) is 0. The second-order valence-corrected chi connectivity index (χ2v) is 7.08. The minimum atomic E-state index is -0.408. The lowest BCUT2D eigenvalue weighted by Crippen LogP contribution is -2.31. The van der Waals surface area contributed by atoms with Crippen LogP contribution in [0.3, 0.4) is 0 Å². The molecule has 2 aromatic carbocycles. The van der Waals surface area contributed by atoms with Crippen LogP contribution in [0.25, 0.3) is 0 Å². The van der Waals surface area contributed by atoms with Gasteiger partial charge >= 0.3 is 0 Å². The maximum Gasteiger partial charge on any atom is 0.181 e. The number of para-hydroxylation sites is 1. The van der Waals surface area contributed by atoms with E-state index >= 15 is 0 Å². The predicted molar refractivity (Wildman–Crippen MR) is 99.6 cm³/mol. The molecule has 2 aromatic rings. The normalized spacial score (nSPS) is 20.4. The van der Waals surface area contributed by atoms with Crippen LogP contribution in [0, 0.1) is 11.7 Å². The fourth-order valence-corrected chi connectivity index (χ4v) is 3.40.